The Kier molecular flexibility index (Phi) is 3.82. The van der Waals surface area contributed by atoms with E-state index >= 15 is 0 Å². The van der Waals surface area contributed by atoms with Crippen molar-refractivity contribution in [2.75, 3.05) is 37.4 Å². The standard InChI is InChI=1S/C13H21N3O3/c1-13(2)8-16(6-9(7-17)19-13)11-5-4-10(14)12(15-11)18-3/h4-5,9,17H,6-8,14H2,1-3H3. The first kappa shape index (κ1) is 13.9. The van der Waals surface area contributed by atoms with Crippen LogP contribution in [0.4, 0.5) is 11.5 Å². The molecule has 1 unspecified atom stereocenters. The Labute approximate surface area is 113 Å². The Hall–Kier alpha value is -1.53. The van der Waals surface area contributed by atoms with Gasteiger partial charge in [0.2, 0.25) is 5.88 Å². The lowest BCUT2D eigenvalue weighted by Gasteiger charge is -2.42. The molecule has 1 atom stereocenters. The molecule has 1 aromatic heterocycles. The van der Waals surface area contributed by atoms with Crippen molar-refractivity contribution >= 4 is 11.5 Å². The molecule has 2 rings (SSSR count). The van der Waals surface area contributed by atoms with Gasteiger partial charge in [-0.25, -0.2) is 0 Å². The van der Waals surface area contributed by atoms with Gasteiger partial charge in [0.15, 0.2) is 0 Å². The number of nitrogens with two attached hydrogens (primary N) is 1. The fourth-order valence-electron chi connectivity index (χ4n) is 2.35. The Balaban J connectivity index is 2.25. The fraction of sp³-hybridized carbons (Fsp3) is 0.615. The van der Waals surface area contributed by atoms with Gasteiger partial charge in [-0.15, -0.1) is 0 Å². The van der Waals surface area contributed by atoms with Crippen molar-refractivity contribution < 1.29 is 14.6 Å². The summed E-state index contributed by atoms with van der Waals surface area (Å²) < 4.78 is 10.9. The van der Waals surface area contributed by atoms with Crippen molar-refractivity contribution in [3.05, 3.63) is 12.1 Å². The number of rotatable bonds is 3. The Morgan fingerprint density at radius 2 is 2.32 bits per heavy atom. The van der Waals surface area contributed by atoms with Crippen molar-refractivity contribution in [2.24, 2.45) is 0 Å². The molecule has 0 saturated carbocycles. The lowest BCUT2D eigenvalue weighted by molar-refractivity contribution is -0.101. The monoisotopic (exact) mass is 267 g/mol. The van der Waals surface area contributed by atoms with E-state index in [1.807, 2.05) is 19.9 Å². The van der Waals surface area contributed by atoms with Gasteiger partial charge in [-0.3, -0.25) is 0 Å². The number of nitrogens with zero attached hydrogens (tertiary/aromatic N) is 2. The number of nitrogen functional groups attached to an aromatic ring is 1. The van der Waals surface area contributed by atoms with Gasteiger partial charge < -0.3 is 25.2 Å². The maximum absolute atomic E-state index is 9.32. The van der Waals surface area contributed by atoms with Gasteiger partial charge in [-0.1, -0.05) is 0 Å². The molecular formula is C13H21N3O3. The van der Waals surface area contributed by atoms with E-state index < -0.39 is 0 Å². The molecule has 1 aliphatic rings. The number of hydrogen-bond donors (Lipinski definition) is 2. The molecule has 1 aliphatic heterocycles. The lowest BCUT2D eigenvalue weighted by Crippen LogP contribution is -2.54. The molecule has 1 aromatic rings. The maximum Gasteiger partial charge on any atom is 0.238 e. The second-order valence-electron chi connectivity index (χ2n) is 5.33. The Morgan fingerprint density at radius 1 is 1.58 bits per heavy atom. The summed E-state index contributed by atoms with van der Waals surface area (Å²) in [6, 6.07) is 3.63. The van der Waals surface area contributed by atoms with E-state index in [2.05, 4.69) is 9.88 Å². The van der Waals surface area contributed by atoms with Gasteiger partial charge in [0.25, 0.3) is 0 Å². The van der Waals surface area contributed by atoms with Crippen LogP contribution in [-0.2, 0) is 4.74 Å². The molecule has 0 aromatic carbocycles. The summed E-state index contributed by atoms with van der Waals surface area (Å²) in [5, 5.41) is 9.32. The SMILES string of the molecule is COc1nc(N2CC(CO)OC(C)(C)C2)ccc1N. The highest BCUT2D eigenvalue weighted by atomic mass is 16.5. The molecule has 19 heavy (non-hydrogen) atoms. The third kappa shape index (κ3) is 3.08. The van der Waals surface area contributed by atoms with Gasteiger partial charge in [0.1, 0.15) is 5.82 Å². The first-order valence-electron chi connectivity index (χ1n) is 6.29. The van der Waals surface area contributed by atoms with E-state index in [1.54, 1.807) is 13.2 Å². The first-order valence-corrected chi connectivity index (χ1v) is 6.29. The molecule has 106 valence electrons. The lowest BCUT2D eigenvalue weighted by atomic mass is 10.1. The van der Waals surface area contributed by atoms with Gasteiger partial charge in [0, 0.05) is 13.1 Å². The fourth-order valence-corrected chi connectivity index (χ4v) is 2.35. The zero-order valence-electron chi connectivity index (χ0n) is 11.6. The average molecular weight is 267 g/mol. The topological polar surface area (TPSA) is 80.8 Å². The molecule has 6 heteroatoms. The van der Waals surface area contributed by atoms with Crippen LogP contribution in [0.1, 0.15) is 13.8 Å². The van der Waals surface area contributed by atoms with Crippen molar-refractivity contribution in [3.63, 3.8) is 0 Å². The molecule has 6 nitrogen and oxygen atoms in total. The van der Waals surface area contributed by atoms with Crippen molar-refractivity contribution in [2.45, 2.75) is 25.6 Å². The molecule has 0 spiro atoms. The van der Waals surface area contributed by atoms with Crippen LogP contribution in [0.2, 0.25) is 0 Å². The number of aliphatic hydroxyl groups is 1. The number of anilines is 2. The molecule has 1 fully saturated rings. The minimum absolute atomic E-state index is 0.00790. The molecule has 0 bridgehead atoms. The minimum atomic E-state index is -0.331. The Morgan fingerprint density at radius 3 is 2.95 bits per heavy atom. The van der Waals surface area contributed by atoms with E-state index in [9.17, 15) is 5.11 Å². The highest BCUT2D eigenvalue weighted by molar-refractivity contribution is 5.54. The summed E-state index contributed by atoms with van der Waals surface area (Å²) in [6.07, 6.45) is -0.214. The number of aliphatic hydroxyl groups excluding tert-OH is 1. The van der Waals surface area contributed by atoms with Crippen LogP contribution < -0.4 is 15.4 Å². The zero-order chi connectivity index (χ0) is 14.0. The van der Waals surface area contributed by atoms with Crippen LogP contribution in [0.25, 0.3) is 0 Å². The summed E-state index contributed by atoms with van der Waals surface area (Å²) in [5.74, 6) is 1.20. The number of pyridine rings is 1. The summed E-state index contributed by atoms with van der Waals surface area (Å²) in [5.41, 5.74) is 5.95. The van der Waals surface area contributed by atoms with Gasteiger partial charge in [0.05, 0.1) is 31.1 Å². The second-order valence-corrected chi connectivity index (χ2v) is 5.33. The summed E-state index contributed by atoms with van der Waals surface area (Å²) in [4.78, 5) is 6.47. The number of ether oxygens (including phenoxy) is 2. The summed E-state index contributed by atoms with van der Waals surface area (Å²) in [6.45, 7) is 5.28. The largest absolute Gasteiger partial charge is 0.479 e. The number of morpholine rings is 1. The van der Waals surface area contributed by atoms with Crippen LogP contribution in [0, 0.1) is 0 Å². The van der Waals surface area contributed by atoms with Gasteiger partial charge >= 0.3 is 0 Å². The smallest absolute Gasteiger partial charge is 0.238 e. The minimum Gasteiger partial charge on any atom is -0.479 e. The average Bonchev–Trinajstić information content (AvgIpc) is 2.37. The van der Waals surface area contributed by atoms with Crippen molar-refractivity contribution in [1.29, 1.82) is 0 Å². The number of hydrogen-bond acceptors (Lipinski definition) is 6. The third-order valence-electron chi connectivity index (χ3n) is 3.08. The number of methoxy groups -OCH3 is 1. The van der Waals surface area contributed by atoms with Crippen LogP contribution >= 0.6 is 0 Å². The van der Waals surface area contributed by atoms with E-state index in [4.69, 9.17) is 15.2 Å². The van der Waals surface area contributed by atoms with E-state index in [-0.39, 0.29) is 18.3 Å². The highest BCUT2D eigenvalue weighted by Gasteiger charge is 2.33. The molecule has 1 saturated heterocycles. The van der Waals surface area contributed by atoms with Crippen molar-refractivity contribution in [3.8, 4) is 5.88 Å². The van der Waals surface area contributed by atoms with E-state index in [0.717, 1.165) is 5.82 Å². The third-order valence-corrected chi connectivity index (χ3v) is 3.08. The molecule has 3 N–H and O–H groups in total. The molecule has 0 aliphatic carbocycles. The molecule has 2 heterocycles. The van der Waals surface area contributed by atoms with Gasteiger partial charge in [-0.2, -0.15) is 4.98 Å². The molecular weight excluding hydrogens is 246 g/mol. The van der Waals surface area contributed by atoms with Crippen LogP contribution in [0.15, 0.2) is 12.1 Å². The Bertz CT molecular complexity index is 451. The number of aromatic nitrogens is 1. The summed E-state index contributed by atoms with van der Waals surface area (Å²) in [7, 11) is 1.54. The first-order chi connectivity index (χ1) is 8.95. The predicted octanol–water partition coefficient (Wildman–Crippen LogP) is 0.648. The van der Waals surface area contributed by atoms with E-state index in [0.29, 0.717) is 24.7 Å². The van der Waals surface area contributed by atoms with Crippen LogP contribution in [0.3, 0.4) is 0 Å². The van der Waals surface area contributed by atoms with Crippen LogP contribution in [0.5, 0.6) is 5.88 Å². The maximum atomic E-state index is 9.32. The zero-order valence-corrected chi connectivity index (χ0v) is 11.6. The molecule has 0 amide bonds. The second kappa shape index (κ2) is 5.22. The predicted molar refractivity (Wildman–Crippen MR) is 73.5 cm³/mol. The molecule has 0 radical (unpaired) electrons. The quantitative estimate of drug-likeness (QED) is 0.837. The normalized spacial score (nSPS) is 22.3. The van der Waals surface area contributed by atoms with Gasteiger partial charge in [-0.05, 0) is 26.0 Å². The summed E-state index contributed by atoms with van der Waals surface area (Å²) >= 11 is 0. The van der Waals surface area contributed by atoms with Crippen LogP contribution in [-0.4, -0.2) is 48.6 Å². The highest BCUT2D eigenvalue weighted by Crippen LogP contribution is 2.28. The van der Waals surface area contributed by atoms with Crippen molar-refractivity contribution in [1.82, 2.24) is 4.98 Å². The van der Waals surface area contributed by atoms with E-state index in [1.165, 1.54) is 0 Å².